The topological polar surface area (TPSA) is 68.5 Å². The molecule has 0 saturated carbocycles. The molecule has 2 heterocycles. The Balaban J connectivity index is 1.54. The molecule has 0 radical (unpaired) electrons. The van der Waals surface area contributed by atoms with Crippen LogP contribution in [0.1, 0.15) is 40.8 Å². The molecule has 1 atom stereocenters. The number of hydrogen-bond acceptors (Lipinski definition) is 5. The number of likely N-dealkylation sites (tertiary alicyclic amines) is 1. The summed E-state index contributed by atoms with van der Waals surface area (Å²) < 4.78 is 12.2. The predicted octanol–water partition coefficient (Wildman–Crippen LogP) is 4.95. The molecule has 0 aliphatic carbocycles. The first-order chi connectivity index (χ1) is 13.6. The highest BCUT2D eigenvalue weighted by atomic mass is 79.9. The van der Waals surface area contributed by atoms with Gasteiger partial charge in [-0.3, -0.25) is 4.79 Å². The van der Waals surface area contributed by atoms with E-state index in [9.17, 15) is 4.79 Å². The molecule has 1 aliphatic rings. The second kappa shape index (κ2) is 8.14. The second-order valence-corrected chi connectivity index (χ2v) is 7.74. The normalized spacial score (nSPS) is 16.8. The van der Waals surface area contributed by atoms with Gasteiger partial charge < -0.3 is 14.2 Å². The molecule has 1 saturated heterocycles. The first-order valence-corrected chi connectivity index (χ1v) is 10.0. The number of nitrogens with zero attached hydrogens (tertiary/aromatic N) is 3. The van der Waals surface area contributed by atoms with Crippen LogP contribution in [0.15, 0.2) is 57.5 Å². The average molecular weight is 442 g/mol. The van der Waals surface area contributed by atoms with E-state index in [4.69, 9.17) is 9.26 Å². The average Bonchev–Trinajstić information content (AvgIpc) is 3.14. The van der Waals surface area contributed by atoms with Crippen molar-refractivity contribution in [2.24, 2.45) is 0 Å². The highest BCUT2D eigenvalue weighted by Gasteiger charge is 2.30. The van der Waals surface area contributed by atoms with Crippen molar-refractivity contribution in [2.75, 3.05) is 13.1 Å². The van der Waals surface area contributed by atoms with E-state index in [2.05, 4.69) is 26.1 Å². The summed E-state index contributed by atoms with van der Waals surface area (Å²) in [6.45, 7) is 3.06. The van der Waals surface area contributed by atoms with E-state index in [0.717, 1.165) is 17.3 Å². The van der Waals surface area contributed by atoms with Gasteiger partial charge in [0, 0.05) is 17.6 Å². The Labute approximate surface area is 171 Å². The lowest BCUT2D eigenvalue weighted by atomic mass is 9.97. The number of amides is 1. The fourth-order valence-electron chi connectivity index (χ4n) is 3.40. The number of ether oxygens (including phenoxy) is 1. The van der Waals surface area contributed by atoms with Gasteiger partial charge in [-0.05, 0) is 50.1 Å². The van der Waals surface area contributed by atoms with Crippen molar-refractivity contribution in [3.63, 3.8) is 0 Å². The van der Waals surface area contributed by atoms with Crippen LogP contribution in [0.2, 0.25) is 0 Å². The summed E-state index contributed by atoms with van der Waals surface area (Å²) in [4.78, 5) is 19.4. The Morgan fingerprint density at radius 3 is 2.89 bits per heavy atom. The van der Waals surface area contributed by atoms with Crippen LogP contribution in [-0.4, -0.2) is 34.0 Å². The molecule has 0 N–H and O–H groups in total. The van der Waals surface area contributed by atoms with E-state index in [0.29, 0.717) is 41.9 Å². The first-order valence-electron chi connectivity index (χ1n) is 9.22. The summed E-state index contributed by atoms with van der Waals surface area (Å²) in [7, 11) is 0. The van der Waals surface area contributed by atoms with E-state index in [1.165, 1.54) is 0 Å². The summed E-state index contributed by atoms with van der Waals surface area (Å²) in [6, 6.07) is 14.9. The Morgan fingerprint density at radius 2 is 2.11 bits per heavy atom. The van der Waals surface area contributed by atoms with Crippen molar-refractivity contribution >= 4 is 21.8 Å². The fourth-order valence-corrected chi connectivity index (χ4v) is 3.78. The summed E-state index contributed by atoms with van der Waals surface area (Å²) in [5, 5.41) is 3.87. The van der Waals surface area contributed by atoms with Crippen LogP contribution in [0.25, 0.3) is 0 Å². The fraction of sp³-hybridized carbons (Fsp3) is 0.286. The molecule has 0 unspecified atom stereocenters. The molecule has 7 heteroatoms. The zero-order chi connectivity index (χ0) is 19.5. The van der Waals surface area contributed by atoms with Gasteiger partial charge in [-0.1, -0.05) is 39.3 Å². The van der Waals surface area contributed by atoms with E-state index in [1.807, 2.05) is 47.4 Å². The van der Waals surface area contributed by atoms with Crippen LogP contribution in [0.4, 0.5) is 0 Å². The quantitative estimate of drug-likeness (QED) is 0.572. The molecule has 2 aromatic carbocycles. The molecule has 1 amide bonds. The number of aromatic nitrogens is 2. The first kappa shape index (κ1) is 18.7. The van der Waals surface area contributed by atoms with E-state index in [-0.39, 0.29) is 11.8 Å². The van der Waals surface area contributed by atoms with Gasteiger partial charge >= 0.3 is 0 Å². The monoisotopic (exact) mass is 441 g/mol. The zero-order valence-electron chi connectivity index (χ0n) is 15.5. The van der Waals surface area contributed by atoms with Gasteiger partial charge in [-0.15, -0.1) is 0 Å². The lowest BCUT2D eigenvalue weighted by Gasteiger charge is -2.31. The number of halogens is 1. The van der Waals surface area contributed by atoms with E-state index in [1.54, 1.807) is 13.0 Å². The highest BCUT2D eigenvalue weighted by molar-refractivity contribution is 9.10. The standard InChI is InChI=1S/C21H20BrN3O3/c1-14-23-20(28-24-14)15-6-5-11-25(13-15)21(26)18-9-2-3-10-19(18)27-17-8-4-7-16(22)12-17/h2-4,7-10,12,15H,5-6,11,13H2,1H3/t15-/m1/s1. The Morgan fingerprint density at radius 1 is 1.25 bits per heavy atom. The van der Waals surface area contributed by atoms with Crippen LogP contribution >= 0.6 is 15.9 Å². The van der Waals surface area contributed by atoms with E-state index < -0.39 is 0 Å². The maximum Gasteiger partial charge on any atom is 0.257 e. The number of para-hydroxylation sites is 1. The van der Waals surface area contributed by atoms with Crippen molar-refractivity contribution < 1.29 is 14.1 Å². The molecular formula is C21H20BrN3O3. The Bertz CT molecular complexity index is 988. The molecule has 0 bridgehead atoms. The maximum absolute atomic E-state index is 13.2. The predicted molar refractivity (Wildman–Crippen MR) is 108 cm³/mol. The molecular weight excluding hydrogens is 422 g/mol. The number of benzene rings is 2. The second-order valence-electron chi connectivity index (χ2n) is 6.83. The lowest BCUT2D eigenvalue weighted by molar-refractivity contribution is 0.0693. The van der Waals surface area contributed by atoms with Gasteiger partial charge in [0.25, 0.3) is 5.91 Å². The third-order valence-electron chi connectivity index (χ3n) is 4.74. The van der Waals surface area contributed by atoms with Crippen molar-refractivity contribution in [1.29, 1.82) is 0 Å². The molecule has 0 spiro atoms. The molecule has 4 rings (SSSR count). The molecule has 1 aromatic heterocycles. The summed E-state index contributed by atoms with van der Waals surface area (Å²) >= 11 is 3.44. The number of piperidine rings is 1. The van der Waals surface area contributed by atoms with Gasteiger partial charge in [-0.25, -0.2) is 0 Å². The summed E-state index contributed by atoms with van der Waals surface area (Å²) in [6.07, 6.45) is 1.83. The molecule has 1 fully saturated rings. The lowest BCUT2D eigenvalue weighted by Crippen LogP contribution is -2.39. The molecule has 28 heavy (non-hydrogen) atoms. The van der Waals surface area contributed by atoms with Crippen LogP contribution in [-0.2, 0) is 0 Å². The van der Waals surface area contributed by atoms with Gasteiger partial charge in [0.15, 0.2) is 5.82 Å². The maximum atomic E-state index is 13.2. The van der Waals surface area contributed by atoms with Crippen LogP contribution in [0.3, 0.4) is 0 Å². The number of aryl methyl sites for hydroxylation is 1. The minimum absolute atomic E-state index is 0.0495. The molecule has 1 aliphatic heterocycles. The van der Waals surface area contributed by atoms with Crippen molar-refractivity contribution in [2.45, 2.75) is 25.7 Å². The molecule has 3 aromatic rings. The minimum atomic E-state index is -0.0495. The molecule has 144 valence electrons. The Hall–Kier alpha value is -2.67. The van der Waals surface area contributed by atoms with Crippen molar-refractivity contribution in [3.05, 3.63) is 70.3 Å². The summed E-state index contributed by atoms with van der Waals surface area (Å²) in [5.74, 6) is 2.46. The molecule has 6 nitrogen and oxygen atoms in total. The van der Waals surface area contributed by atoms with Crippen LogP contribution in [0.5, 0.6) is 11.5 Å². The van der Waals surface area contributed by atoms with Gasteiger partial charge in [0.05, 0.1) is 11.5 Å². The zero-order valence-corrected chi connectivity index (χ0v) is 17.1. The Kier molecular flexibility index (Phi) is 5.43. The van der Waals surface area contributed by atoms with Crippen LogP contribution < -0.4 is 4.74 Å². The summed E-state index contributed by atoms with van der Waals surface area (Å²) in [5.41, 5.74) is 0.546. The largest absolute Gasteiger partial charge is 0.456 e. The highest BCUT2D eigenvalue weighted by Crippen LogP contribution is 2.31. The third kappa shape index (κ3) is 4.09. The van der Waals surface area contributed by atoms with Crippen molar-refractivity contribution in [1.82, 2.24) is 15.0 Å². The number of carbonyl (C=O) groups excluding carboxylic acids is 1. The number of hydrogen-bond donors (Lipinski definition) is 0. The number of carbonyl (C=O) groups is 1. The van der Waals surface area contributed by atoms with E-state index >= 15 is 0 Å². The van der Waals surface area contributed by atoms with Gasteiger partial charge in [0.2, 0.25) is 5.89 Å². The van der Waals surface area contributed by atoms with Gasteiger partial charge in [-0.2, -0.15) is 4.98 Å². The van der Waals surface area contributed by atoms with Gasteiger partial charge in [0.1, 0.15) is 11.5 Å². The van der Waals surface area contributed by atoms with Crippen molar-refractivity contribution in [3.8, 4) is 11.5 Å². The SMILES string of the molecule is Cc1noc([C@@H]2CCCN(C(=O)c3ccccc3Oc3cccc(Br)c3)C2)n1. The smallest absolute Gasteiger partial charge is 0.257 e. The third-order valence-corrected chi connectivity index (χ3v) is 5.24. The minimum Gasteiger partial charge on any atom is -0.456 e. The number of rotatable bonds is 4. The van der Waals surface area contributed by atoms with Crippen LogP contribution in [0, 0.1) is 6.92 Å².